The lowest BCUT2D eigenvalue weighted by atomic mass is 10.1. The predicted octanol–water partition coefficient (Wildman–Crippen LogP) is 3.23. The Balaban J connectivity index is 1.89. The number of nitrogens with zero attached hydrogens (tertiary/aromatic N) is 1. The van der Waals surface area contributed by atoms with Crippen molar-refractivity contribution in [2.24, 2.45) is 0 Å². The van der Waals surface area contributed by atoms with E-state index in [1.54, 1.807) is 43.3 Å². The van der Waals surface area contributed by atoms with Crippen LogP contribution in [-0.4, -0.2) is 24.9 Å². The summed E-state index contributed by atoms with van der Waals surface area (Å²) in [7, 11) is 1.44. The Morgan fingerprint density at radius 2 is 1.96 bits per heavy atom. The van der Waals surface area contributed by atoms with Gasteiger partial charge < -0.3 is 9.47 Å². The topological polar surface area (TPSA) is 84.9 Å². The van der Waals surface area contributed by atoms with Gasteiger partial charge in [0.05, 0.1) is 12.8 Å². The third-order valence-electron chi connectivity index (χ3n) is 3.97. The quantitative estimate of drug-likeness (QED) is 0.331. The second-order valence-electron chi connectivity index (χ2n) is 5.86. The number of carbonyl (C=O) groups is 3. The molecule has 2 aromatic carbocycles. The fourth-order valence-corrected chi connectivity index (χ4v) is 2.96. The van der Waals surface area contributed by atoms with Crippen LogP contribution in [0.25, 0.3) is 6.08 Å². The molecule has 1 saturated heterocycles. The van der Waals surface area contributed by atoms with E-state index in [1.165, 1.54) is 18.2 Å². The third kappa shape index (κ3) is 4.07. The van der Waals surface area contributed by atoms with E-state index in [4.69, 9.17) is 9.47 Å². The van der Waals surface area contributed by atoms with Crippen molar-refractivity contribution in [1.82, 2.24) is 5.43 Å². The molecule has 2 aromatic rings. The van der Waals surface area contributed by atoms with Crippen LogP contribution in [0.2, 0.25) is 0 Å². The van der Waals surface area contributed by atoms with Gasteiger partial charge in [0.1, 0.15) is 5.57 Å². The summed E-state index contributed by atoms with van der Waals surface area (Å²) in [5, 5.41) is 1.19. The van der Waals surface area contributed by atoms with Gasteiger partial charge in [-0.3, -0.25) is 19.8 Å². The molecule has 8 heteroatoms. The van der Waals surface area contributed by atoms with Crippen LogP contribution in [-0.2, 0) is 14.4 Å². The number of nitrogens with one attached hydrogen (secondary N) is 1. The molecule has 1 heterocycles. The zero-order valence-corrected chi connectivity index (χ0v) is 16.8. The molecular weight excluding hydrogens is 428 g/mol. The van der Waals surface area contributed by atoms with Gasteiger partial charge in [0.15, 0.2) is 11.5 Å². The highest BCUT2D eigenvalue weighted by Crippen LogP contribution is 2.30. The minimum absolute atomic E-state index is 0.0136. The molecule has 0 bridgehead atoms. The van der Waals surface area contributed by atoms with Crippen molar-refractivity contribution >= 4 is 45.5 Å². The molecule has 0 unspecified atom stereocenters. The summed E-state index contributed by atoms with van der Waals surface area (Å²) in [4.78, 5) is 36.5. The third-order valence-corrected chi connectivity index (χ3v) is 4.46. The summed E-state index contributed by atoms with van der Waals surface area (Å²) in [6.45, 7) is 1.69. The molecule has 0 saturated carbocycles. The summed E-state index contributed by atoms with van der Waals surface area (Å²) in [6.07, 6.45) is 1.69. The minimum atomic E-state index is -0.509. The number of hydrogen-bond acceptors (Lipinski definition) is 5. The van der Waals surface area contributed by atoms with Gasteiger partial charge in [0, 0.05) is 10.9 Å². The molecule has 0 aromatic heterocycles. The molecule has 1 aliphatic rings. The Bertz CT molecular complexity index is 986. The Morgan fingerprint density at radius 3 is 2.64 bits per heavy atom. The maximum atomic E-state index is 12.7. The van der Waals surface area contributed by atoms with Crippen molar-refractivity contribution in [3.63, 3.8) is 0 Å². The van der Waals surface area contributed by atoms with Crippen molar-refractivity contribution in [1.29, 1.82) is 0 Å². The summed E-state index contributed by atoms with van der Waals surface area (Å²) in [6, 6.07) is 11.8. The largest absolute Gasteiger partial charge is 0.493 e. The average Bonchev–Trinajstić information content (AvgIpc) is 2.97. The lowest BCUT2D eigenvalue weighted by Crippen LogP contribution is -2.35. The van der Waals surface area contributed by atoms with E-state index in [0.717, 1.165) is 4.47 Å². The highest BCUT2D eigenvalue weighted by atomic mass is 79.9. The molecule has 1 fully saturated rings. The van der Waals surface area contributed by atoms with Crippen LogP contribution in [0.1, 0.15) is 18.9 Å². The van der Waals surface area contributed by atoms with E-state index >= 15 is 0 Å². The molecule has 144 valence electrons. The summed E-state index contributed by atoms with van der Waals surface area (Å²) >= 11 is 3.34. The summed E-state index contributed by atoms with van der Waals surface area (Å²) in [5.41, 5.74) is 3.63. The van der Waals surface area contributed by atoms with Crippen LogP contribution in [0, 0.1) is 0 Å². The first-order chi connectivity index (χ1) is 13.4. The zero-order chi connectivity index (χ0) is 20.3. The fourth-order valence-electron chi connectivity index (χ4n) is 2.57. The SMILES string of the molecule is CCC(=O)Oc1ccc(/C=C2\C(=O)NN(c3cccc(Br)c3)C2=O)cc1OC. The molecule has 0 atom stereocenters. The second kappa shape index (κ2) is 8.26. The number of esters is 1. The van der Waals surface area contributed by atoms with E-state index in [0.29, 0.717) is 17.0 Å². The van der Waals surface area contributed by atoms with Gasteiger partial charge in [-0.1, -0.05) is 35.0 Å². The number of carbonyl (C=O) groups excluding carboxylic acids is 3. The smallest absolute Gasteiger partial charge is 0.311 e. The van der Waals surface area contributed by atoms with E-state index in [9.17, 15) is 14.4 Å². The van der Waals surface area contributed by atoms with Crippen molar-refractivity contribution in [2.75, 3.05) is 12.1 Å². The van der Waals surface area contributed by atoms with E-state index < -0.39 is 11.8 Å². The summed E-state index contributed by atoms with van der Waals surface area (Å²) < 4.78 is 11.2. The van der Waals surface area contributed by atoms with Crippen molar-refractivity contribution < 1.29 is 23.9 Å². The number of hydrazine groups is 1. The van der Waals surface area contributed by atoms with Gasteiger partial charge in [0.2, 0.25) is 0 Å². The van der Waals surface area contributed by atoms with Crippen LogP contribution >= 0.6 is 15.9 Å². The number of anilines is 1. The maximum Gasteiger partial charge on any atom is 0.311 e. The molecule has 1 N–H and O–H groups in total. The Labute approximate surface area is 170 Å². The molecule has 0 spiro atoms. The molecule has 1 aliphatic heterocycles. The Morgan fingerprint density at radius 1 is 1.18 bits per heavy atom. The number of halogens is 1. The lowest BCUT2D eigenvalue weighted by Gasteiger charge is -2.14. The normalized spacial score (nSPS) is 15.0. The number of benzene rings is 2. The number of amides is 2. The van der Waals surface area contributed by atoms with Crippen LogP contribution < -0.4 is 19.9 Å². The van der Waals surface area contributed by atoms with Crippen molar-refractivity contribution in [3.8, 4) is 11.5 Å². The van der Waals surface area contributed by atoms with E-state index in [1.807, 2.05) is 6.07 Å². The van der Waals surface area contributed by atoms with Gasteiger partial charge in [-0.15, -0.1) is 0 Å². The fraction of sp³-hybridized carbons (Fsp3) is 0.150. The average molecular weight is 445 g/mol. The van der Waals surface area contributed by atoms with Gasteiger partial charge in [-0.25, -0.2) is 5.01 Å². The zero-order valence-electron chi connectivity index (χ0n) is 15.2. The van der Waals surface area contributed by atoms with E-state index in [2.05, 4.69) is 21.4 Å². The standard InChI is InChI=1S/C20H17BrN2O5/c1-3-18(24)28-16-8-7-12(10-17(16)27-2)9-15-19(25)22-23(20(15)26)14-6-4-5-13(21)11-14/h4-11H,3H2,1-2H3,(H,22,25)/b15-9+. The number of hydrogen-bond donors (Lipinski definition) is 1. The van der Waals surface area contributed by atoms with Gasteiger partial charge in [0.25, 0.3) is 11.8 Å². The maximum absolute atomic E-state index is 12.7. The highest BCUT2D eigenvalue weighted by molar-refractivity contribution is 9.10. The first-order valence-electron chi connectivity index (χ1n) is 8.44. The molecular formula is C20H17BrN2O5. The molecule has 0 radical (unpaired) electrons. The molecule has 2 amide bonds. The van der Waals surface area contributed by atoms with Crippen molar-refractivity contribution in [3.05, 3.63) is 58.1 Å². The van der Waals surface area contributed by atoms with Gasteiger partial charge in [-0.05, 0) is 42.0 Å². The monoisotopic (exact) mass is 444 g/mol. The number of ether oxygens (including phenoxy) is 2. The Hall–Kier alpha value is -3.13. The van der Waals surface area contributed by atoms with Crippen LogP contribution in [0.3, 0.4) is 0 Å². The van der Waals surface area contributed by atoms with Gasteiger partial charge >= 0.3 is 5.97 Å². The minimum Gasteiger partial charge on any atom is -0.493 e. The second-order valence-corrected chi connectivity index (χ2v) is 6.77. The first kappa shape index (κ1) is 19.6. The van der Waals surface area contributed by atoms with Crippen LogP contribution in [0.15, 0.2) is 52.5 Å². The first-order valence-corrected chi connectivity index (χ1v) is 9.23. The molecule has 0 aliphatic carbocycles. The Kier molecular flexibility index (Phi) is 5.79. The lowest BCUT2D eigenvalue weighted by molar-refractivity contribution is -0.134. The molecule has 3 rings (SSSR count). The molecule has 28 heavy (non-hydrogen) atoms. The predicted molar refractivity (Wildman–Crippen MR) is 107 cm³/mol. The molecule has 7 nitrogen and oxygen atoms in total. The highest BCUT2D eigenvalue weighted by Gasteiger charge is 2.34. The summed E-state index contributed by atoms with van der Waals surface area (Å²) in [5.74, 6) is -0.770. The van der Waals surface area contributed by atoms with Crippen LogP contribution in [0.5, 0.6) is 11.5 Å². The number of methoxy groups -OCH3 is 1. The van der Waals surface area contributed by atoms with Crippen molar-refractivity contribution in [2.45, 2.75) is 13.3 Å². The van der Waals surface area contributed by atoms with Gasteiger partial charge in [-0.2, -0.15) is 0 Å². The van der Waals surface area contributed by atoms with Crippen LogP contribution in [0.4, 0.5) is 5.69 Å². The van der Waals surface area contributed by atoms with E-state index in [-0.39, 0.29) is 23.7 Å². The number of rotatable bonds is 5.